The van der Waals surface area contributed by atoms with Crippen LogP contribution in [-0.4, -0.2) is 16.6 Å². The number of Topliss-reactive ketones (excluding diaryl/α,β-unsaturated/α-hetero) is 2. The Kier molecular flexibility index (Phi) is 2.24. The first-order valence-electron chi connectivity index (χ1n) is 6.59. The maximum atomic E-state index is 12.4. The molecule has 0 saturated carbocycles. The molecule has 0 spiro atoms. The zero-order valence-corrected chi connectivity index (χ0v) is 10.7. The van der Waals surface area contributed by atoms with Crippen molar-refractivity contribution in [3.63, 3.8) is 0 Å². The quantitative estimate of drug-likeness (QED) is 0.741. The zero-order chi connectivity index (χ0) is 13.7. The van der Waals surface area contributed by atoms with Crippen LogP contribution >= 0.6 is 0 Å². The molecule has 1 atom stereocenters. The molecule has 20 heavy (non-hydrogen) atoms. The molecule has 2 aliphatic rings. The van der Waals surface area contributed by atoms with Crippen molar-refractivity contribution >= 4 is 22.5 Å². The smallest absolute Gasteiger partial charge is 0.180 e. The molecule has 0 bridgehead atoms. The number of hydrogen-bond donors (Lipinski definition) is 0. The Bertz CT molecular complexity index is 830. The summed E-state index contributed by atoms with van der Waals surface area (Å²) in [6, 6.07) is 11.4. The van der Waals surface area contributed by atoms with Crippen molar-refractivity contribution in [1.82, 2.24) is 4.98 Å². The third kappa shape index (κ3) is 1.43. The summed E-state index contributed by atoms with van der Waals surface area (Å²) in [6.45, 7) is 0. The topological polar surface area (TPSA) is 47.0 Å². The van der Waals surface area contributed by atoms with Gasteiger partial charge in [0, 0.05) is 16.5 Å². The number of rotatable bonds is 1. The van der Waals surface area contributed by atoms with Crippen LogP contribution in [0.2, 0.25) is 0 Å². The molecule has 0 radical (unpaired) electrons. The summed E-state index contributed by atoms with van der Waals surface area (Å²) < 4.78 is 0. The molecule has 2 aliphatic carbocycles. The minimum atomic E-state index is -0.741. The summed E-state index contributed by atoms with van der Waals surface area (Å²) in [4.78, 5) is 29.2. The van der Waals surface area contributed by atoms with E-state index in [0.29, 0.717) is 23.3 Å². The van der Waals surface area contributed by atoms with Crippen LogP contribution in [0.15, 0.2) is 59.7 Å². The maximum absolute atomic E-state index is 12.4. The molecule has 1 aromatic heterocycles. The van der Waals surface area contributed by atoms with Crippen LogP contribution in [0.5, 0.6) is 0 Å². The highest BCUT2D eigenvalue weighted by molar-refractivity contribution is 6.29. The summed E-state index contributed by atoms with van der Waals surface area (Å²) >= 11 is 0. The van der Waals surface area contributed by atoms with Gasteiger partial charge in [-0.05, 0) is 18.6 Å². The first-order valence-corrected chi connectivity index (χ1v) is 6.59. The summed E-state index contributed by atoms with van der Waals surface area (Å²) in [6.07, 6.45) is 4.20. The lowest BCUT2D eigenvalue weighted by Crippen LogP contribution is -2.17. The standard InChI is InChI=1S/C17H11NO2/c19-16-11-5-3-6-12(11)17(20)15(16)14-9-8-10-4-1-2-7-13(10)18-14/h1-5,7-9,15H,6H2. The molecule has 96 valence electrons. The Labute approximate surface area is 115 Å². The van der Waals surface area contributed by atoms with Gasteiger partial charge in [-0.25, -0.2) is 0 Å². The van der Waals surface area contributed by atoms with Crippen molar-refractivity contribution in [2.75, 3.05) is 0 Å². The molecular formula is C17H11NO2. The fourth-order valence-electron chi connectivity index (χ4n) is 2.93. The fraction of sp³-hybridized carbons (Fsp3) is 0.118. The third-order valence-corrected chi connectivity index (χ3v) is 3.93. The zero-order valence-electron chi connectivity index (χ0n) is 10.7. The van der Waals surface area contributed by atoms with Crippen LogP contribution in [0.1, 0.15) is 18.0 Å². The predicted molar refractivity (Wildman–Crippen MR) is 75.3 cm³/mol. The summed E-state index contributed by atoms with van der Waals surface area (Å²) in [5, 5.41) is 1.01. The number of pyridine rings is 1. The third-order valence-electron chi connectivity index (χ3n) is 3.93. The number of ketones is 2. The lowest BCUT2D eigenvalue weighted by Gasteiger charge is -2.09. The summed E-state index contributed by atoms with van der Waals surface area (Å²) in [7, 11) is 0. The molecule has 0 N–H and O–H groups in total. The average Bonchev–Trinajstić information content (AvgIpc) is 3.04. The number of carbonyl (C=O) groups excluding carboxylic acids is 2. The Balaban J connectivity index is 1.82. The highest BCUT2D eigenvalue weighted by Gasteiger charge is 2.42. The van der Waals surface area contributed by atoms with E-state index in [0.717, 1.165) is 10.9 Å². The number of allylic oxidation sites excluding steroid dienone is 4. The van der Waals surface area contributed by atoms with Gasteiger partial charge in [-0.2, -0.15) is 0 Å². The lowest BCUT2D eigenvalue weighted by atomic mass is 9.95. The Morgan fingerprint density at radius 3 is 2.70 bits per heavy atom. The molecule has 1 aromatic carbocycles. The van der Waals surface area contributed by atoms with E-state index >= 15 is 0 Å². The van der Waals surface area contributed by atoms with Gasteiger partial charge < -0.3 is 0 Å². The van der Waals surface area contributed by atoms with Gasteiger partial charge in [-0.1, -0.05) is 36.4 Å². The summed E-state index contributed by atoms with van der Waals surface area (Å²) in [5.41, 5.74) is 2.60. The van der Waals surface area contributed by atoms with E-state index in [1.54, 1.807) is 12.1 Å². The number of para-hydroxylation sites is 1. The first kappa shape index (κ1) is 11.3. The van der Waals surface area contributed by atoms with Crippen LogP contribution in [0.4, 0.5) is 0 Å². The highest BCUT2D eigenvalue weighted by Crippen LogP contribution is 2.37. The van der Waals surface area contributed by atoms with Gasteiger partial charge in [0.05, 0.1) is 11.2 Å². The monoisotopic (exact) mass is 261 g/mol. The van der Waals surface area contributed by atoms with E-state index < -0.39 is 5.92 Å². The van der Waals surface area contributed by atoms with E-state index in [-0.39, 0.29) is 11.6 Å². The van der Waals surface area contributed by atoms with Crippen molar-refractivity contribution in [3.05, 3.63) is 65.4 Å². The highest BCUT2D eigenvalue weighted by atomic mass is 16.2. The van der Waals surface area contributed by atoms with Crippen molar-refractivity contribution in [2.24, 2.45) is 0 Å². The van der Waals surface area contributed by atoms with Crippen molar-refractivity contribution < 1.29 is 9.59 Å². The summed E-state index contributed by atoms with van der Waals surface area (Å²) in [5.74, 6) is -0.936. The van der Waals surface area contributed by atoms with Gasteiger partial charge >= 0.3 is 0 Å². The van der Waals surface area contributed by atoms with Gasteiger partial charge in [-0.15, -0.1) is 0 Å². The second-order valence-electron chi connectivity index (χ2n) is 5.09. The van der Waals surface area contributed by atoms with Crippen LogP contribution in [0.25, 0.3) is 10.9 Å². The molecule has 0 amide bonds. The van der Waals surface area contributed by atoms with Gasteiger partial charge in [-0.3, -0.25) is 14.6 Å². The van der Waals surface area contributed by atoms with E-state index in [4.69, 9.17) is 0 Å². The molecule has 3 heteroatoms. The van der Waals surface area contributed by atoms with Gasteiger partial charge in [0.1, 0.15) is 5.92 Å². The molecule has 1 unspecified atom stereocenters. The minimum absolute atomic E-state index is 0.0854. The predicted octanol–water partition coefficient (Wildman–Crippen LogP) is 2.73. The normalized spacial score (nSPS) is 21.1. The number of nitrogens with zero attached hydrogens (tertiary/aromatic N) is 1. The maximum Gasteiger partial charge on any atom is 0.180 e. The van der Waals surface area contributed by atoms with E-state index in [1.165, 1.54) is 0 Å². The fourth-order valence-corrected chi connectivity index (χ4v) is 2.93. The molecule has 0 saturated heterocycles. The molecule has 4 rings (SSSR count). The van der Waals surface area contributed by atoms with E-state index in [9.17, 15) is 9.59 Å². The molecule has 2 aromatic rings. The lowest BCUT2D eigenvalue weighted by molar-refractivity contribution is -0.123. The number of benzene rings is 1. The molecule has 3 nitrogen and oxygen atoms in total. The second-order valence-corrected chi connectivity index (χ2v) is 5.09. The number of fused-ring (bicyclic) bond motifs is 1. The molecule has 0 fully saturated rings. The van der Waals surface area contributed by atoms with E-state index in [2.05, 4.69) is 4.98 Å². The SMILES string of the molecule is O=C1C2=C(CC=C2)C(=O)C1c1ccc2ccccc2n1. The van der Waals surface area contributed by atoms with Crippen molar-refractivity contribution in [1.29, 1.82) is 0 Å². The Hall–Kier alpha value is -2.55. The van der Waals surface area contributed by atoms with Crippen LogP contribution in [-0.2, 0) is 9.59 Å². The van der Waals surface area contributed by atoms with Gasteiger partial charge in [0.2, 0.25) is 0 Å². The second kappa shape index (κ2) is 3.97. The van der Waals surface area contributed by atoms with Crippen LogP contribution in [0.3, 0.4) is 0 Å². The van der Waals surface area contributed by atoms with Crippen LogP contribution in [0, 0.1) is 0 Å². The first-order chi connectivity index (χ1) is 9.75. The van der Waals surface area contributed by atoms with E-state index in [1.807, 2.05) is 36.4 Å². The Morgan fingerprint density at radius 1 is 1.00 bits per heavy atom. The van der Waals surface area contributed by atoms with Crippen molar-refractivity contribution in [3.8, 4) is 0 Å². The van der Waals surface area contributed by atoms with Gasteiger partial charge in [0.15, 0.2) is 11.6 Å². The molecular weight excluding hydrogens is 250 g/mol. The Morgan fingerprint density at radius 2 is 1.85 bits per heavy atom. The minimum Gasteiger partial charge on any atom is -0.293 e. The number of carbonyl (C=O) groups is 2. The van der Waals surface area contributed by atoms with Gasteiger partial charge in [0.25, 0.3) is 0 Å². The molecule has 0 aliphatic heterocycles. The molecule has 1 heterocycles. The number of aromatic nitrogens is 1. The number of hydrogen-bond acceptors (Lipinski definition) is 3. The average molecular weight is 261 g/mol. The van der Waals surface area contributed by atoms with Crippen molar-refractivity contribution in [2.45, 2.75) is 12.3 Å². The van der Waals surface area contributed by atoms with Crippen LogP contribution < -0.4 is 0 Å². The largest absolute Gasteiger partial charge is 0.293 e.